The highest BCUT2D eigenvalue weighted by atomic mass is 32.1. The predicted molar refractivity (Wildman–Crippen MR) is 91.4 cm³/mol. The van der Waals surface area contributed by atoms with Gasteiger partial charge in [-0.15, -0.1) is 17.9 Å². The Morgan fingerprint density at radius 2 is 2.40 bits per heavy atom. The number of fused-ring (bicyclic) bond motifs is 4. The molecule has 0 aromatic carbocycles. The molecular weight excluding hydrogens is 344 g/mol. The van der Waals surface area contributed by atoms with Gasteiger partial charge in [0, 0.05) is 29.4 Å². The molecule has 3 rings (SSSR count). The maximum absolute atomic E-state index is 12.8. The van der Waals surface area contributed by atoms with Crippen LogP contribution in [0.2, 0.25) is 0 Å². The average molecular weight is 362 g/mol. The molecule has 0 N–H and O–H groups in total. The Balaban J connectivity index is 2.09. The summed E-state index contributed by atoms with van der Waals surface area (Å²) in [6.07, 6.45) is 1.57. The summed E-state index contributed by atoms with van der Waals surface area (Å²) < 4.78 is 0. The Kier molecular flexibility index (Phi) is 4.67. The molecular formula is C15H18N6O3S. The number of rotatable bonds is 6. The monoisotopic (exact) mass is 362 g/mol. The van der Waals surface area contributed by atoms with Crippen molar-refractivity contribution in [2.24, 2.45) is 5.11 Å². The Morgan fingerprint density at radius 3 is 3.04 bits per heavy atom. The number of carbonyl (C=O) groups excluding carboxylic acids is 2. The number of hydrogen-bond donors (Lipinski definition) is 0. The standard InChI is InChI=1S/C15H18N6O3S/c1-4-5-24-21-10-7-20(15(21)23)12(14(22)19(2)3)11-9(6-17-18-16)8-25-13(10)11/h4,8,10,12H,1,5-7H2,2-3H3. The van der Waals surface area contributed by atoms with Gasteiger partial charge in [0.25, 0.3) is 0 Å². The molecule has 2 atom stereocenters. The Bertz CT molecular complexity index is 769. The quantitative estimate of drug-likeness (QED) is 0.336. The number of hydrogen-bond acceptors (Lipinski definition) is 5. The number of hydroxylamine groups is 2. The molecule has 1 aromatic heterocycles. The molecule has 1 aromatic rings. The summed E-state index contributed by atoms with van der Waals surface area (Å²) in [5.41, 5.74) is 10.1. The number of urea groups is 1. The minimum absolute atomic E-state index is 0.141. The van der Waals surface area contributed by atoms with Gasteiger partial charge in [0.1, 0.15) is 12.1 Å². The topological polar surface area (TPSA) is 102 Å². The van der Waals surface area contributed by atoms with Crippen molar-refractivity contribution in [2.75, 3.05) is 27.2 Å². The molecule has 9 nitrogen and oxygen atoms in total. The Hall–Kier alpha value is -2.55. The minimum Gasteiger partial charge on any atom is -0.347 e. The molecule has 0 spiro atoms. The van der Waals surface area contributed by atoms with Crippen molar-refractivity contribution in [3.05, 3.63) is 44.5 Å². The van der Waals surface area contributed by atoms with Crippen molar-refractivity contribution < 1.29 is 14.4 Å². The fourth-order valence-electron chi connectivity index (χ4n) is 3.16. The average Bonchev–Trinajstić information content (AvgIpc) is 3.13. The van der Waals surface area contributed by atoms with Crippen LogP contribution in [0.5, 0.6) is 0 Å². The maximum atomic E-state index is 12.8. The van der Waals surface area contributed by atoms with Crippen molar-refractivity contribution in [2.45, 2.75) is 18.6 Å². The molecule has 132 valence electrons. The van der Waals surface area contributed by atoms with E-state index < -0.39 is 6.04 Å². The van der Waals surface area contributed by atoms with Gasteiger partial charge < -0.3 is 9.80 Å². The van der Waals surface area contributed by atoms with Crippen LogP contribution in [0.25, 0.3) is 10.4 Å². The summed E-state index contributed by atoms with van der Waals surface area (Å²) in [6.45, 7) is 4.33. The highest BCUT2D eigenvalue weighted by Gasteiger charge is 2.52. The van der Waals surface area contributed by atoms with Gasteiger partial charge in [0.2, 0.25) is 5.91 Å². The van der Waals surface area contributed by atoms with Gasteiger partial charge in [-0.2, -0.15) is 5.06 Å². The van der Waals surface area contributed by atoms with E-state index >= 15 is 0 Å². The second-order valence-electron chi connectivity index (χ2n) is 5.92. The number of nitrogens with zero attached hydrogens (tertiary/aromatic N) is 6. The van der Waals surface area contributed by atoms with E-state index in [0.717, 1.165) is 16.0 Å². The number of thiophene rings is 1. The molecule has 0 radical (unpaired) electrons. The molecule has 3 heterocycles. The first-order chi connectivity index (χ1) is 12.0. The van der Waals surface area contributed by atoms with Crippen LogP contribution in [-0.4, -0.2) is 54.0 Å². The van der Waals surface area contributed by atoms with E-state index in [1.54, 1.807) is 20.2 Å². The minimum atomic E-state index is -0.735. The van der Waals surface area contributed by atoms with Crippen molar-refractivity contribution in [3.8, 4) is 0 Å². The molecule has 2 unspecified atom stereocenters. The number of amides is 3. The Morgan fingerprint density at radius 1 is 1.64 bits per heavy atom. The van der Waals surface area contributed by atoms with Crippen LogP contribution in [0, 0.1) is 0 Å². The maximum Gasteiger partial charge on any atom is 0.345 e. The lowest BCUT2D eigenvalue weighted by Crippen LogP contribution is -2.43. The second kappa shape index (κ2) is 6.75. The smallest absolute Gasteiger partial charge is 0.345 e. The third kappa shape index (κ3) is 2.74. The lowest BCUT2D eigenvalue weighted by molar-refractivity contribution is -0.133. The van der Waals surface area contributed by atoms with Crippen molar-refractivity contribution in [1.29, 1.82) is 0 Å². The molecule has 25 heavy (non-hydrogen) atoms. The van der Waals surface area contributed by atoms with E-state index in [-0.39, 0.29) is 31.1 Å². The molecule has 2 aliphatic rings. The summed E-state index contributed by atoms with van der Waals surface area (Å²) in [6, 6.07) is -1.36. The zero-order chi connectivity index (χ0) is 18.1. The van der Waals surface area contributed by atoms with Gasteiger partial charge in [0.05, 0.1) is 19.7 Å². The highest BCUT2D eigenvalue weighted by molar-refractivity contribution is 7.10. The van der Waals surface area contributed by atoms with Gasteiger partial charge in [-0.3, -0.25) is 9.63 Å². The third-order valence-electron chi connectivity index (χ3n) is 4.22. The summed E-state index contributed by atoms with van der Waals surface area (Å²) in [5.74, 6) is -0.195. The normalized spacial score (nSPS) is 21.0. The lowest BCUT2D eigenvalue weighted by atomic mass is 9.94. The van der Waals surface area contributed by atoms with Crippen molar-refractivity contribution in [3.63, 3.8) is 0 Å². The number of carbonyl (C=O) groups is 2. The second-order valence-corrected chi connectivity index (χ2v) is 6.84. The molecule has 2 aliphatic heterocycles. The van der Waals surface area contributed by atoms with Crippen LogP contribution in [0.3, 0.4) is 0 Å². The van der Waals surface area contributed by atoms with E-state index in [1.807, 2.05) is 5.38 Å². The molecule has 3 amide bonds. The predicted octanol–water partition coefficient (Wildman–Crippen LogP) is 2.60. The van der Waals surface area contributed by atoms with Gasteiger partial charge in [-0.05, 0) is 16.5 Å². The molecule has 0 saturated carbocycles. The summed E-state index contributed by atoms with van der Waals surface area (Å²) in [7, 11) is 3.31. The molecule has 10 heteroatoms. The first-order valence-corrected chi connectivity index (χ1v) is 8.55. The number of azide groups is 1. The summed E-state index contributed by atoms with van der Waals surface area (Å²) >= 11 is 1.45. The van der Waals surface area contributed by atoms with Gasteiger partial charge in [-0.1, -0.05) is 11.2 Å². The van der Waals surface area contributed by atoms with Crippen LogP contribution in [-0.2, 0) is 16.2 Å². The van der Waals surface area contributed by atoms with E-state index in [4.69, 9.17) is 10.4 Å². The molecule has 1 fully saturated rings. The largest absolute Gasteiger partial charge is 0.347 e. The van der Waals surface area contributed by atoms with E-state index in [0.29, 0.717) is 6.54 Å². The molecule has 2 bridgehead atoms. The number of likely N-dealkylation sites (N-methyl/N-ethyl adjacent to an activating group) is 1. The summed E-state index contributed by atoms with van der Waals surface area (Å²) in [4.78, 5) is 37.8. The van der Waals surface area contributed by atoms with Crippen LogP contribution < -0.4 is 0 Å². The van der Waals surface area contributed by atoms with Crippen LogP contribution in [0.4, 0.5) is 4.79 Å². The lowest BCUT2D eigenvalue weighted by Gasteiger charge is -2.32. The van der Waals surface area contributed by atoms with E-state index in [2.05, 4.69) is 16.6 Å². The Labute approximate surface area is 148 Å². The first kappa shape index (κ1) is 17.3. The highest BCUT2D eigenvalue weighted by Crippen LogP contribution is 2.48. The zero-order valence-electron chi connectivity index (χ0n) is 14.0. The fourth-order valence-corrected chi connectivity index (χ4v) is 4.33. The van der Waals surface area contributed by atoms with E-state index in [1.165, 1.54) is 26.2 Å². The van der Waals surface area contributed by atoms with Crippen LogP contribution >= 0.6 is 11.3 Å². The van der Waals surface area contributed by atoms with Crippen molar-refractivity contribution >= 4 is 23.3 Å². The molecule has 1 saturated heterocycles. The first-order valence-electron chi connectivity index (χ1n) is 7.67. The van der Waals surface area contributed by atoms with Crippen LogP contribution in [0.1, 0.15) is 28.1 Å². The van der Waals surface area contributed by atoms with Crippen LogP contribution in [0.15, 0.2) is 23.1 Å². The van der Waals surface area contributed by atoms with Crippen molar-refractivity contribution in [1.82, 2.24) is 14.9 Å². The molecule has 0 aliphatic carbocycles. The zero-order valence-corrected chi connectivity index (χ0v) is 14.8. The fraction of sp³-hybridized carbons (Fsp3) is 0.467. The SMILES string of the molecule is C=CCON1C(=O)N2CC1c1scc(CN=[N+]=[N-])c1C2C(=O)N(C)C. The summed E-state index contributed by atoms with van der Waals surface area (Å²) in [5, 5.41) is 6.82. The van der Waals surface area contributed by atoms with Gasteiger partial charge in [0.15, 0.2) is 0 Å². The van der Waals surface area contributed by atoms with Gasteiger partial charge >= 0.3 is 6.03 Å². The van der Waals surface area contributed by atoms with E-state index in [9.17, 15) is 9.59 Å². The van der Waals surface area contributed by atoms with Gasteiger partial charge in [-0.25, -0.2) is 4.79 Å². The third-order valence-corrected chi connectivity index (χ3v) is 5.37.